The number of primary amides is 1. The Morgan fingerprint density at radius 1 is 0.658 bits per heavy atom. The van der Waals surface area contributed by atoms with Crippen LogP contribution in [0.15, 0.2) is 97.3 Å². The number of amides is 13. The van der Waals surface area contributed by atoms with Crippen LogP contribution in [0.4, 0.5) is 0 Å². The van der Waals surface area contributed by atoms with Crippen molar-refractivity contribution in [2.24, 2.45) is 17.1 Å². The number of benzene rings is 3. The number of aromatic hydroxyl groups is 2. The van der Waals surface area contributed by atoms with Crippen molar-refractivity contribution in [3.05, 3.63) is 125 Å². The quantitative estimate of drug-likeness (QED) is 0.0827. The van der Waals surface area contributed by atoms with E-state index in [2.05, 4.69) is 68.5 Å². The molecule has 34 heteroatoms. The number of H-pyrrole nitrogens is 1. The SMILES string of the molecule is CO[C@H](C)[C@@H]1NC(=O)[C@@H]2CCCN2C(=O)[C@H](Cc2ccc(O)cc2)NC(=O)[C@H](C(C)(C)C)NC(=O)[C@@H](NC(C)=O)CSCc2cccc(c2)CSC[C@H](C(N)=O)NC(=O)[C@H]([C@@H](C)O)NC(=O)[C@](C)(C(C)C)NC(=O)[C@H](Cc2ccc(O)cc2)NC(=O)[C@H](C)NC(=O)C(C)(C)NC(=O)[C@H](Cc2c[nH]c3ncccc23)NC1=O. The lowest BCUT2D eigenvalue weighted by molar-refractivity contribution is -0.143. The highest BCUT2D eigenvalue weighted by molar-refractivity contribution is 7.98. The van der Waals surface area contributed by atoms with Gasteiger partial charge in [0, 0.05) is 80.6 Å². The van der Waals surface area contributed by atoms with E-state index >= 15 is 4.79 Å². The summed E-state index contributed by atoms with van der Waals surface area (Å²) >= 11 is 2.53. The number of aliphatic hydroxyl groups is 1. The number of methoxy groups -OCH3 is 1. The van der Waals surface area contributed by atoms with E-state index in [0.717, 1.165) is 11.1 Å². The number of phenolic OH excluding ortho intramolecular Hbond substituents is 2. The van der Waals surface area contributed by atoms with Crippen LogP contribution in [-0.4, -0.2) is 216 Å². The van der Waals surface area contributed by atoms with Crippen molar-refractivity contribution in [1.29, 1.82) is 0 Å². The summed E-state index contributed by atoms with van der Waals surface area (Å²) in [6, 6.07) is 8.03. The van der Waals surface area contributed by atoms with Gasteiger partial charge in [0.15, 0.2) is 0 Å². The van der Waals surface area contributed by atoms with Gasteiger partial charge in [0.2, 0.25) is 76.8 Å². The zero-order chi connectivity index (χ0) is 82.0. The van der Waals surface area contributed by atoms with Gasteiger partial charge in [-0.25, -0.2) is 4.98 Å². The molecule has 1 fully saturated rings. The van der Waals surface area contributed by atoms with Crippen molar-refractivity contribution in [3.8, 4) is 11.5 Å². The fourth-order valence-electron chi connectivity index (χ4n) is 12.5. The van der Waals surface area contributed by atoms with Gasteiger partial charge >= 0.3 is 0 Å². The van der Waals surface area contributed by atoms with Crippen LogP contribution in [0, 0.1) is 11.3 Å². The number of aliphatic hydroxyl groups excluding tert-OH is 1. The standard InChI is InChI=1S/C77H105N15O17S2/c1-40(2)77(12)74(108)88-59(42(4)93)69(103)86-56(62(78)97)38-110-36-47-17-14-18-48(31-47)37-111-39-57(82-44(6)94)65(99)89-61(75(7,8)9)71(105)85-55(33-46-23-27-51(96)28-24-46)72(106)92-30-16-20-58(92)68(102)87-60(43(5)109-13)70(104)84-54(34-49-35-80-63-52(49)19-15-29-79-63)66(100)90-76(10,11)73(107)81-41(3)64(98)83-53(67(101)91-77)32-45-21-25-50(95)26-22-45/h14-15,17-19,21-29,31,35,40-43,53-61,93,95-96H,16,20,30,32-34,36-39H2,1-13H3,(H2,78,97)(H,79,80)(H,81,107)(H,82,94)(H,83,98)(H,84,104)(H,85,105)(H,86,103)(H,87,102)(H,88,108)(H,89,99)(H,90,100)(H,91,101)/t41-,42+,43+,53-,54-,55-,56+,57-,58-,59-,60-,61+,77-/m0/s1. The summed E-state index contributed by atoms with van der Waals surface area (Å²) in [6.45, 7) is 17.6. The molecule has 0 spiro atoms. The third kappa shape index (κ3) is 24.3. The third-order valence-electron chi connectivity index (χ3n) is 19.5. The van der Waals surface area contributed by atoms with E-state index < -0.39 is 172 Å². The molecule has 3 aromatic carbocycles. The Hall–Kier alpha value is -10.3. The number of aromatic amines is 1. The maximum absolute atomic E-state index is 15.2. The summed E-state index contributed by atoms with van der Waals surface area (Å²) in [7, 11) is 1.29. The zero-order valence-corrected chi connectivity index (χ0v) is 66.3. The Kier molecular flexibility index (Phi) is 30.9. The van der Waals surface area contributed by atoms with Gasteiger partial charge in [-0.05, 0) is 130 Å². The minimum atomic E-state index is -1.90. The van der Waals surface area contributed by atoms with E-state index in [1.54, 1.807) is 77.3 Å². The number of nitrogens with zero attached hydrogens (tertiary/aromatic N) is 2. The lowest BCUT2D eigenvalue weighted by atomic mass is 9.85. The second-order valence-electron chi connectivity index (χ2n) is 30.2. The van der Waals surface area contributed by atoms with E-state index in [9.17, 15) is 72.9 Å². The largest absolute Gasteiger partial charge is 0.508 e. The molecule has 4 heterocycles. The molecular weight excluding hydrogens is 1470 g/mol. The molecule has 2 bridgehead atoms. The Morgan fingerprint density at radius 2 is 1.23 bits per heavy atom. The maximum Gasteiger partial charge on any atom is 0.246 e. The first-order valence-electron chi connectivity index (χ1n) is 36.6. The molecule has 602 valence electrons. The minimum Gasteiger partial charge on any atom is -0.508 e. The van der Waals surface area contributed by atoms with Gasteiger partial charge in [0.1, 0.15) is 88.6 Å². The predicted octanol–water partition coefficient (Wildman–Crippen LogP) is 0.949. The fourth-order valence-corrected chi connectivity index (χ4v) is 14.5. The third-order valence-corrected chi connectivity index (χ3v) is 21.7. The number of rotatable bonds is 12. The van der Waals surface area contributed by atoms with Gasteiger partial charge in [0.25, 0.3) is 0 Å². The molecule has 0 radical (unpaired) electrons. The smallest absolute Gasteiger partial charge is 0.246 e. The molecule has 13 atom stereocenters. The number of aromatic nitrogens is 2. The number of nitrogens with two attached hydrogens (primary N) is 1. The van der Waals surface area contributed by atoms with Crippen LogP contribution in [-0.2, 0) is 97.8 Å². The monoisotopic (exact) mass is 1580 g/mol. The first-order chi connectivity index (χ1) is 52.2. The predicted molar refractivity (Wildman–Crippen MR) is 416 cm³/mol. The maximum atomic E-state index is 15.2. The summed E-state index contributed by atoms with van der Waals surface area (Å²) in [5.74, 6) is -11.4. The van der Waals surface area contributed by atoms with Crippen molar-refractivity contribution < 1.29 is 82.4 Å². The van der Waals surface area contributed by atoms with Crippen LogP contribution in [0.2, 0.25) is 0 Å². The number of ether oxygens (including phenoxy) is 1. The number of thioether (sulfide) groups is 2. The second kappa shape index (κ2) is 39.0. The van der Waals surface area contributed by atoms with Crippen LogP contribution in [0.25, 0.3) is 11.0 Å². The van der Waals surface area contributed by atoms with Gasteiger partial charge in [-0.1, -0.05) is 83.1 Å². The lowest BCUT2D eigenvalue weighted by Gasteiger charge is -2.36. The Labute approximate surface area is 653 Å². The number of hydrogen-bond acceptors (Lipinski definition) is 20. The molecule has 0 aliphatic carbocycles. The lowest BCUT2D eigenvalue weighted by Crippen LogP contribution is -2.67. The molecule has 1 saturated heterocycles. The first-order valence-corrected chi connectivity index (χ1v) is 38.9. The number of hydrogen-bond donors (Lipinski definition) is 16. The molecule has 2 aliphatic heterocycles. The Balaban J connectivity index is 1.24. The molecule has 0 saturated carbocycles. The van der Waals surface area contributed by atoms with Crippen LogP contribution < -0.4 is 64.2 Å². The molecule has 5 aromatic rings. The van der Waals surface area contributed by atoms with Crippen molar-refractivity contribution in [2.45, 2.75) is 210 Å². The van der Waals surface area contributed by atoms with Gasteiger partial charge < -0.3 is 94.2 Å². The first kappa shape index (κ1) is 87.9. The molecular formula is C77H105N15O17S2. The highest BCUT2D eigenvalue weighted by atomic mass is 32.2. The number of carbonyl (C=O) groups is 13. The van der Waals surface area contributed by atoms with Crippen molar-refractivity contribution in [3.63, 3.8) is 0 Å². The number of carbonyl (C=O) groups excluding carboxylic acids is 13. The summed E-state index contributed by atoms with van der Waals surface area (Å²) < 4.78 is 5.66. The van der Waals surface area contributed by atoms with Gasteiger partial charge in [-0.15, -0.1) is 0 Å². The van der Waals surface area contributed by atoms with Crippen LogP contribution >= 0.6 is 23.5 Å². The molecule has 13 amide bonds. The number of nitrogens with one attached hydrogen (secondary N) is 12. The average molecular weight is 1580 g/mol. The van der Waals surface area contributed by atoms with Crippen LogP contribution in [0.1, 0.15) is 124 Å². The molecule has 0 unspecified atom stereocenters. The molecule has 2 aromatic heterocycles. The van der Waals surface area contributed by atoms with E-state index in [1.807, 2.05) is 18.2 Å². The summed E-state index contributed by atoms with van der Waals surface area (Å²) in [6.07, 6.45) is 0.179. The highest BCUT2D eigenvalue weighted by Crippen LogP contribution is 2.27. The molecule has 2 aliphatic rings. The molecule has 7 rings (SSSR count). The second-order valence-corrected chi connectivity index (χ2v) is 32.2. The average Bonchev–Trinajstić information content (AvgIpc) is 0.891. The summed E-state index contributed by atoms with van der Waals surface area (Å²) in [4.78, 5) is 196. The van der Waals surface area contributed by atoms with E-state index in [-0.39, 0.29) is 55.2 Å². The van der Waals surface area contributed by atoms with Crippen LogP contribution in [0.3, 0.4) is 0 Å². The minimum absolute atomic E-state index is 0.0194. The molecule has 17 N–H and O–H groups in total. The zero-order valence-electron chi connectivity index (χ0n) is 64.7. The number of phenols is 2. The van der Waals surface area contributed by atoms with E-state index in [4.69, 9.17) is 10.5 Å². The van der Waals surface area contributed by atoms with Gasteiger partial charge in [-0.3, -0.25) is 62.3 Å². The number of fused-ring (bicyclic) bond motifs is 4. The molecule has 111 heavy (non-hydrogen) atoms. The van der Waals surface area contributed by atoms with Crippen LogP contribution in [0.5, 0.6) is 11.5 Å². The fraction of sp³-hybridized carbons (Fsp3) is 0.506. The Bertz CT molecular complexity index is 4190. The molecule has 32 nitrogen and oxygen atoms in total. The van der Waals surface area contributed by atoms with Gasteiger partial charge in [-0.2, -0.15) is 23.5 Å². The van der Waals surface area contributed by atoms with Crippen molar-refractivity contribution in [2.75, 3.05) is 25.2 Å². The van der Waals surface area contributed by atoms with Crippen molar-refractivity contribution >= 4 is 111 Å². The summed E-state index contributed by atoms with van der Waals surface area (Å²) in [5.41, 5.74) is 4.43. The van der Waals surface area contributed by atoms with E-state index in [1.165, 1.54) is 120 Å². The van der Waals surface area contributed by atoms with Crippen molar-refractivity contribution in [1.82, 2.24) is 73.4 Å². The Morgan fingerprint density at radius 3 is 1.80 bits per heavy atom. The topological polar surface area (TPSA) is 482 Å². The van der Waals surface area contributed by atoms with E-state index in [0.29, 0.717) is 45.7 Å². The number of pyridine rings is 1. The highest BCUT2D eigenvalue weighted by Gasteiger charge is 2.46. The van der Waals surface area contributed by atoms with Gasteiger partial charge in [0.05, 0.1) is 12.2 Å². The summed E-state index contributed by atoms with van der Waals surface area (Å²) in [5, 5.41) is 61.6. The normalized spacial score (nSPS) is 25.5.